The molecule has 4 heteroatoms. The smallest absolute Gasteiger partial charge is 0.176 e. The van der Waals surface area contributed by atoms with Crippen molar-refractivity contribution in [3.8, 4) is 5.75 Å². The predicted molar refractivity (Wildman–Crippen MR) is 87.8 cm³/mol. The summed E-state index contributed by atoms with van der Waals surface area (Å²) in [7, 11) is 0. The first-order chi connectivity index (χ1) is 10.5. The highest BCUT2D eigenvalue weighted by Gasteiger charge is 2.24. The molecule has 0 saturated carbocycles. The van der Waals surface area contributed by atoms with Crippen molar-refractivity contribution < 1.29 is 14.3 Å². The third-order valence-corrected chi connectivity index (χ3v) is 3.93. The maximum atomic E-state index is 12.5. The molecule has 1 saturated heterocycles. The molecule has 1 aromatic rings. The maximum absolute atomic E-state index is 12.5. The Kier molecular flexibility index (Phi) is 5.98. The van der Waals surface area contributed by atoms with Gasteiger partial charge in [0.1, 0.15) is 5.75 Å². The lowest BCUT2D eigenvalue weighted by Gasteiger charge is -2.34. The van der Waals surface area contributed by atoms with Crippen LogP contribution in [0.1, 0.15) is 43.6 Å². The van der Waals surface area contributed by atoms with Crippen molar-refractivity contribution in [3.05, 3.63) is 29.3 Å². The van der Waals surface area contributed by atoms with Crippen LogP contribution in [-0.2, 0) is 11.2 Å². The average Bonchev–Trinajstić information content (AvgIpc) is 2.46. The van der Waals surface area contributed by atoms with Crippen molar-refractivity contribution >= 4 is 5.78 Å². The summed E-state index contributed by atoms with van der Waals surface area (Å²) >= 11 is 0. The number of aryl methyl sites for hydroxylation is 1. The summed E-state index contributed by atoms with van der Waals surface area (Å²) in [5.74, 6) is 1.05. The van der Waals surface area contributed by atoms with Crippen LogP contribution in [0, 0.1) is 0 Å². The highest BCUT2D eigenvalue weighted by atomic mass is 16.5. The Hall–Kier alpha value is -1.39. The third kappa shape index (κ3) is 4.31. The summed E-state index contributed by atoms with van der Waals surface area (Å²) in [5.41, 5.74) is 1.86. The summed E-state index contributed by atoms with van der Waals surface area (Å²) in [6.07, 6.45) is 1.23. The average molecular weight is 305 g/mol. The molecule has 0 bridgehead atoms. The van der Waals surface area contributed by atoms with Crippen molar-refractivity contribution in [2.45, 2.75) is 46.3 Å². The van der Waals surface area contributed by atoms with E-state index in [0.29, 0.717) is 13.2 Å². The molecule has 0 aromatic heterocycles. The fourth-order valence-electron chi connectivity index (χ4n) is 3.03. The highest BCUT2D eigenvalue weighted by Crippen LogP contribution is 2.21. The van der Waals surface area contributed by atoms with E-state index in [-0.39, 0.29) is 18.0 Å². The summed E-state index contributed by atoms with van der Waals surface area (Å²) in [4.78, 5) is 14.7. The molecule has 1 aliphatic rings. The Bertz CT molecular complexity index is 505. The van der Waals surface area contributed by atoms with Gasteiger partial charge in [-0.1, -0.05) is 6.92 Å². The Morgan fingerprint density at radius 3 is 2.55 bits per heavy atom. The molecule has 4 nitrogen and oxygen atoms in total. The van der Waals surface area contributed by atoms with Crippen molar-refractivity contribution in [2.24, 2.45) is 0 Å². The van der Waals surface area contributed by atoms with Crippen molar-refractivity contribution in [3.63, 3.8) is 0 Å². The number of hydrogen-bond donors (Lipinski definition) is 0. The third-order valence-electron chi connectivity index (χ3n) is 3.93. The molecule has 1 aliphatic heterocycles. The number of carbonyl (C=O) groups is 1. The molecular formula is C18H27NO3. The van der Waals surface area contributed by atoms with Crippen LogP contribution in [0.3, 0.4) is 0 Å². The van der Waals surface area contributed by atoms with E-state index >= 15 is 0 Å². The van der Waals surface area contributed by atoms with Crippen LogP contribution in [0.15, 0.2) is 18.2 Å². The van der Waals surface area contributed by atoms with Crippen LogP contribution in [0.4, 0.5) is 0 Å². The second-order valence-electron chi connectivity index (χ2n) is 5.98. The van der Waals surface area contributed by atoms with Gasteiger partial charge in [0, 0.05) is 18.7 Å². The largest absolute Gasteiger partial charge is 0.494 e. The van der Waals surface area contributed by atoms with Gasteiger partial charge in [-0.2, -0.15) is 0 Å². The second kappa shape index (κ2) is 7.75. The van der Waals surface area contributed by atoms with Crippen LogP contribution in [0.2, 0.25) is 0 Å². The molecule has 22 heavy (non-hydrogen) atoms. The van der Waals surface area contributed by atoms with Crippen LogP contribution < -0.4 is 4.74 Å². The molecule has 0 amide bonds. The number of benzene rings is 1. The van der Waals surface area contributed by atoms with E-state index in [0.717, 1.165) is 36.4 Å². The monoisotopic (exact) mass is 305 g/mol. The van der Waals surface area contributed by atoms with E-state index in [2.05, 4.69) is 25.7 Å². The predicted octanol–water partition coefficient (Wildman–Crippen LogP) is 2.94. The molecule has 1 aromatic carbocycles. The molecule has 122 valence electrons. The van der Waals surface area contributed by atoms with E-state index in [1.54, 1.807) is 0 Å². The fourth-order valence-corrected chi connectivity index (χ4v) is 3.03. The van der Waals surface area contributed by atoms with Gasteiger partial charge >= 0.3 is 0 Å². The zero-order valence-electron chi connectivity index (χ0n) is 14.1. The number of ketones is 1. The first kappa shape index (κ1) is 17.0. The van der Waals surface area contributed by atoms with Crippen molar-refractivity contribution in [2.75, 3.05) is 26.2 Å². The molecule has 1 fully saturated rings. The lowest BCUT2D eigenvalue weighted by Crippen LogP contribution is -2.47. The van der Waals surface area contributed by atoms with Gasteiger partial charge in [-0.15, -0.1) is 0 Å². The summed E-state index contributed by atoms with van der Waals surface area (Å²) in [6, 6.07) is 5.76. The topological polar surface area (TPSA) is 38.8 Å². The van der Waals surface area contributed by atoms with Crippen LogP contribution >= 0.6 is 0 Å². The summed E-state index contributed by atoms with van der Waals surface area (Å²) in [6.45, 7) is 10.9. The Balaban J connectivity index is 2.06. The molecule has 2 atom stereocenters. The molecule has 2 rings (SSSR count). The number of ether oxygens (including phenoxy) is 2. The number of rotatable bonds is 6. The Labute approximate surface area is 133 Å². The Morgan fingerprint density at radius 1 is 1.27 bits per heavy atom. The van der Waals surface area contributed by atoms with Crippen LogP contribution in [0.5, 0.6) is 5.75 Å². The maximum Gasteiger partial charge on any atom is 0.176 e. The van der Waals surface area contributed by atoms with Crippen LogP contribution in [-0.4, -0.2) is 49.1 Å². The minimum absolute atomic E-state index is 0.166. The van der Waals surface area contributed by atoms with E-state index < -0.39 is 0 Å². The van der Waals surface area contributed by atoms with E-state index in [9.17, 15) is 4.79 Å². The standard InChI is InChI=1S/C18H27NO3/c1-5-15-9-16(7-8-18(15)21-6-2)17(20)12-19-10-13(3)22-14(4)11-19/h7-9,13-14H,5-6,10-12H2,1-4H3. The number of nitrogens with zero attached hydrogens (tertiary/aromatic N) is 1. The second-order valence-corrected chi connectivity index (χ2v) is 5.98. The lowest BCUT2D eigenvalue weighted by atomic mass is 10.0. The SMILES string of the molecule is CCOc1ccc(C(=O)CN2CC(C)OC(C)C2)cc1CC. The van der Waals surface area contributed by atoms with Gasteiger partial charge in [0.15, 0.2) is 5.78 Å². The Morgan fingerprint density at radius 2 is 1.95 bits per heavy atom. The fraction of sp³-hybridized carbons (Fsp3) is 0.611. The molecule has 0 N–H and O–H groups in total. The first-order valence-electron chi connectivity index (χ1n) is 8.20. The number of hydrogen-bond acceptors (Lipinski definition) is 4. The van der Waals surface area contributed by atoms with Gasteiger partial charge in [-0.3, -0.25) is 9.69 Å². The summed E-state index contributed by atoms with van der Waals surface area (Å²) in [5, 5.41) is 0. The highest BCUT2D eigenvalue weighted by molar-refractivity contribution is 5.98. The van der Waals surface area contributed by atoms with Gasteiger partial charge in [-0.05, 0) is 51.0 Å². The van der Waals surface area contributed by atoms with Gasteiger partial charge in [0.25, 0.3) is 0 Å². The van der Waals surface area contributed by atoms with Crippen molar-refractivity contribution in [1.29, 1.82) is 0 Å². The van der Waals surface area contributed by atoms with E-state index in [4.69, 9.17) is 9.47 Å². The number of carbonyl (C=O) groups excluding carboxylic acids is 1. The molecular weight excluding hydrogens is 278 g/mol. The zero-order valence-corrected chi connectivity index (χ0v) is 14.1. The first-order valence-corrected chi connectivity index (χ1v) is 8.20. The minimum Gasteiger partial charge on any atom is -0.494 e. The molecule has 0 spiro atoms. The van der Waals surface area contributed by atoms with Gasteiger partial charge in [0.2, 0.25) is 0 Å². The van der Waals surface area contributed by atoms with Crippen molar-refractivity contribution in [1.82, 2.24) is 4.90 Å². The molecule has 0 radical (unpaired) electrons. The molecule has 2 unspecified atom stereocenters. The molecule has 0 aliphatic carbocycles. The quantitative estimate of drug-likeness (QED) is 0.758. The van der Waals surface area contributed by atoms with Gasteiger partial charge < -0.3 is 9.47 Å². The molecule has 1 heterocycles. The lowest BCUT2D eigenvalue weighted by molar-refractivity contribution is -0.0652. The summed E-state index contributed by atoms with van der Waals surface area (Å²) < 4.78 is 11.3. The van der Waals surface area contributed by atoms with E-state index in [1.165, 1.54) is 0 Å². The number of Topliss-reactive ketones (excluding diaryl/α,β-unsaturated/α-hetero) is 1. The van der Waals surface area contributed by atoms with E-state index in [1.807, 2.05) is 25.1 Å². The van der Waals surface area contributed by atoms with Gasteiger partial charge in [0.05, 0.1) is 25.4 Å². The minimum atomic E-state index is 0.166. The normalized spacial score (nSPS) is 22.5. The van der Waals surface area contributed by atoms with Gasteiger partial charge in [-0.25, -0.2) is 0 Å². The number of morpholine rings is 1. The zero-order chi connectivity index (χ0) is 16.1. The van der Waals surface area contributed by atoms with Crippen LogP contribution in [0.25, 0.3) is 0 Å².